The molecule has 1 amide bonds. The monoisotopic (exact) mass is 408 g/mol. The molecule has 1 heterocycles. The molecule has 2 N–H and O–H groups in total. The summed E-state index contributed by atoms with van der Waals surface area (Å²) in [5, 5.41) is 6.21. The van der Waals surface area contributed by atoms with Crippen LogP contribution in [0.15, 0.2) is 48.5 Å². The van der Waals surface area contributed by atoms with Crippen LogP contribution in [0.2, 0.25) is 0 Å². The molecule has 1 fully saturated rings. The minimum absolute atomic E-state index is 0. The van der Waals surface area contributed by atoms with Gasteiger partial charge in [0.2, 0.25) is 0 Å². The molecule has 1 aliphatic heterocycles. The number of hydrogen-bond acceptors (Lipinski definition) is 4. The van der Waals surface area contributed by atoms with E-state index < -0.39 is 5.60 Å². The van der Waals surface area contributed by atoms with E-state index in [9.17, 15) is 9.18 Å². The first-order valence-corrected chi connectivity index (χ1v) is 9.12. The molecule has 0 atom stereocenters. The van der Waals surface area contributed by atoms with Crippen LogP contribution in [-0.4, -0.2) is 31.7 Å². The Morgan fingerprint density at radius 2 is 1.86 bits per heavy atom. The number of halogens is 2. The highest BCUT2D eigenvalue weighted by Crippen LogP contribution is 2.23. The van der Waals surface area contributed by atoms with Gasteiger partial charge in [0.05, 0.1) is 0 Å². The third-order valence-corrected chi connectivity index (χ3v) is 4.89. The molecule has 0 radical (unpaired) electrons. The maximum atomic E-state index is 13.2. The molecule has 0 aliphatic carbocycles. The van der Waals surface area contributed by atoms with Gasteiger partial charge in [0.15, 0.2) is 0 Å². The number of piperidine rings is 1. The van der Waals surface area contributed by atoms with Crippen molar-refractivity contribution in [2.24, 2.45) is 0 Å². The van der Waals surface area contributed by atoms with E-state index in [0.717, 1.165) is 24.2 Å². The lowest BCUT2D eigenvalue weighted by molar-refractivity contribution is -0.146. The lowest BCUT2D eigenvalue weighted by Gasteiger charge is -2.34. The fraction of sp³-hybridized carbons (Fsp3) is 0.381. The molecular weight excluding hydrogens is 383 g/mol. The maximum Gasteiger partial charge on any atom is 0.252 e. The van der Waals surface area contributed by atoms with Crippen molar-refractivity contribution >= 4 is 18.3 Å². The summed E-state index contributed by atoms with van der Waals surface area (Å²) < 4.78 is 24.4. The van der Waals surface area contributed by atoms with Gasteiger partial charge in [-0.1, -0.05) is 24.3 Å². The molecule has 1 saturated heterocycles. The SMILES string of the molecule is COC1(C(=O)NCc2ccc(OCc3cccc(F)c3)cc2)CCNCC1.Cl. The topological polar surface area (TPSA) is 59.6 Å². The Balaban J connectivity index is 0.00000280. The molecular formula is C21H26ClFN2O3. The summed E-state index contributed by atoms with van der Waals surface area (Å²) in [6.45, 7) is 2.29. The van der Waals surface area contributed by atoms with E-state index in [4.69, 9.17) is 9.47 Å². The van der Waals surface area contributed by atoms with Gasteiger partial charge >= 0.3 is 0 Å². The third-order valence-electron chi connectivity index (χ3n) is 4.89. The lowest BCUT2D eigenvalue weighted by atomic mass is 9.91. The molecule has 152 valence electrons. The van der Waals surface area contributed by atoms with Crippen LogP contribution in [0.1, 0.15) is 24.0 Å². The lowest BCUT2D eigenvalue weighted by Crippen LogP contribution is -2.53. The summed E-state index contributed by atoms with van der Waals surface area (Å²) in [4.78, 5) is 12.6. The highest BCUT2D eigenvalue weighted by molar-refractivity contribution is 5.85. The summed E-state index contributed by atoms with van der Waals surface area (Å²) in [6, 6.07) is 13.8. The van der Waals surface area contributed by atoms with Gasteiger partial charge in [-0.15, -0.1) is 12.4 Å². The van der Waals surface area contributed by atoms with Gasteiger partial charge in [-0.2, -0.15) is 0 Å². The molecule has 1 aliphatic rings. The Bertz CT molecular complexity index is 765. The molecule has 0 aromatic heterocycles. The summed E-state index contributed by atoms with van der Waals surface area (Å²) in [5.74, 6) is 0.351. The predicted molar refractivity (Wildman–Crippen MR) is 108 cm³/mol. The Kier molecular flexibility index (Phi) is 8.23. The van der Waals surface area contributed by atoms with E-state index in [1.807, 2.05) is 30.3 Å². The Morgan fingerprint density at radius 3 is 2.50 bits per heavy atom. The summed E-state index contributed by atoms with van der Waals surface area (Å²) in [5.41, 5.74) is 1.01. The highest BCUT2D eigenvalue weighted by atomic mass is 35.5. The van der Waals surface area contributed by atoms with Gasteiger partial charge in [0.25, 0.3) is 5.91 Å². The number of amides is 1. The molecule has 0 spiro atoms. The Hall–Kier alpha value is -2.15. The van der Waals surface area contributed by atoms with Crippen molar-refractivity contribution in [2.75, 3.05) is 20.2 Å². The van der Waals surface area contributed by atoms with Crippen molar-refractivity contribution in [3.05, 3.63) is 65.5 Å². The smallest absolute Gasteiger partial charge is 0.252 e. The van der Waals surface area contributed by atoms with Crippen molar-refractivity contribution < 1.29 is 18.7 Å². The van der Waals surface area contributed by atoms with Crippen molar-refractivity contribution in [3.63, 3.8) is 0 Å². The first-order chi connectivity index (χ1) is 13.1. The summed E-state index contributed by atoms with van der Waals surface area (Å²) in [6.07, 6.45) is 1.34. The van der Waals surface area contributed by atoms with E-state index in [0.29, 0.717) is 31.7 Å². The molecule has 5 nitrogen and oxygen atoms in total. The van der Waals surface area contributed by atoms with Crippen molar-refractivity contribution in [1.29, 1.82) is 0 Å². The van der Waals surface area contributed by atoms with Crippen LogP contribution in [0.5, 0.6) is 5.75 Å². The second-order valence-corrected chi connectivity index (χ2v) is 6.69. The van der Waals surface area contributed by atoms with Crippen LogP contribution < -0.4 is 15.4 Å². The zero-order valence-corrected chi connectivity index (χ0v) is 16.7. The largest absolute Gasteiger partial charge is 0.489 e. The fourth-order valence-electron chi connectivity index (χ4n) is 3.19. The third kappa shape index (κ3) is 5.67. The number of methoxy groups -OCH3 is 1. The van der Waals surface area contributed by atoms with Gasteiger partial charge in [0, 0.05) is 13.7 Å². The number of carbonyl (C=O) groups excluding carboxylic acids is 1. The van der Waals surface area contributed by atoms with Gasteiger partial charge in [0.1, 0.15) is 23.8 Å². The molecule has 28 heavy (non-hydrogen) atoms. The molecule has 3 rings (SSSR count). The number of carbonyl (C=O) groups is 1. The highest BCUT2D eigenvalue weighted by Gasteiger charge is 2.39. The Morgan fingerprint density at radius 1 is 1.14 bits per heavy atom. The fourth-order valence-corrected chi connectivity index (χ4v) is 3.19. The quantitative estimate of drug-likeness (QED) is 0.738. The number of benzene rings is 2. The molecule has 0 unspecified atom stereocenters. The number of hydrogen-bond donors (Lipinski definition) is 2. The van der Waals surface area contributed by atoms with E-state index >= 15 is 0 Å². The first kappa shape index (κ1) is 22.1. The average molecular weight is 409 g/mol. The van der Waals surface area contributed by atoms with Crippen LogP contribution in [0, 0.1) is 5.82 Å². The zero-order chi connectivity index (χ0) is 19.1. The van der Waals surface area contributed by atoms with E-state index in [2.05, 4.69) is 10.6 Å². The van der Waals surface area contributed by atoms with Gasteiger partial charge in [-0.05, 0) is 61.3 Å². The zero-order valence-electron chi connectivity index (χ0n) is 15.9. The van der Waals surface area contributed by atoms with E-state index in [-0.39, 0.29) is 24.1 Å². The maximum absolute atomic E-state index is 13.2. The first-order valence-electron chi connectivity index (χ1n) is 9.12. The minimum atomic E-state index is -0.737. The number of ether oxygens (including phenoxy) is 2. The van der Waals surface area contributed by atoms with Crippen molar-refractivity contribution in [2.45, 2.75) is 31.6 Å². The van der Waals surface area contributed by atoms with E-state index in [1.165, 1.54) is 12.1 Å². The van der Waals surface area contributed by atoms with Crippen LogP contribution in [0.4, 0.5) is 4.39 Å². The molecule has 0 saturated carbocycles. The minimum Gasteiger partial charge on any atom is -0.489 e. The molecule has 0 bridgehead atoms. The molecule has 2 aromatic rings. The van der Waals surface area contributed by atoms with Gasteiger partial charge in [-0.25, -0.2) is 4.39 Å². The number of nitrogens with one attached hydrogen (secondary N) is 2. The summed E-state index contributed by atoms with van der Waals surface area (Å²) in [7, 11) is 1.59. The Labute approximate surface area is 171 Å². The summed E-state index contributed by atoms with van der Waals surface area (Å²) >= 11 is 0. The predicted octanol–water partition coefficient (Wildman–Crippen LogP) is 3.21. The van der Waals surface area contributed by atoms with Gasteiger partial charge < -0.3 is 20.1 Å². The van der Waals surface area contributed by atoms with Gasteiger partial charge in [-0.3, -0.25) is 4.79 Å². The van der Waals surface area contributed by atoms with Crippen LogP contribution >= 0.6 is 12.4 Å². The second-order valence-electron chi connectivity index (χ2n) is 6.69. The van der Waals surface area contributed by atoms with Crippen molar-refractivity contribution in [3.8, 4) is 5.75 Å². The van der Waals surface area contributed by atoms with Crippen LogP contribution in [-0.2, 0) is 22.7 Å². The standard InChI is InChI=1S/C21H25FN2O3.ClH/c1-26-21(9-11-23-12-10-21)20(25)24-14-16-5-7-19(8-6-16)27-15-17-3-2-4-18(22)13-17;/h2-8,13,23H,9-12,14-15H2,1H3,(H,24,25);1H. The average Bonchev–Trinajstić information content (AvgIpc) is 2.72. The van der Waals surface area contributed by atoms with Crippen LogP contribution in [0.25, 0.3) is 0 Å². The van der Waals surface area contributed by atoms with Crippen LogP contribution in [0.3, 0.4) is 0 Å². The molecule has 2 aromatic carbocycles. The normalized spacial score (nSPS) is 15.4. The number of rotatable bonds is 7. The van der Waals surface area contributed by atoms with Crippen molar-refractivity contribution in [1.82, 2.24) is 10.6 Å². The molecule has 7 heteroatoms. The second kappa shape index (κ2) is 10.4. The van der Waals surface area contributed by atoms with E-state index in [1.54, 1.807) is 13.2 Å².